The first kappa shape index (κ1) is 16.1. The summed E-state index contributed by atoms with van der Waals surface area (Å²) in [6.07, 6.45) is 3.70. The number of rotatable bonds is 6. The molecule has 0 bridgehead atoms. The molecule has 22 heavy (non-hydrogen) atoms. The third kappa shape index (κ3) is 4.62. The standard InChI is InChI=1S/C17H24N4O/c1-13(2)14(3)20-17(22)18-11-15-7-4-5-8-16(15)12-21-10-6-9-19-21/h4-10,13-14H,11-12H2,1-3H3,(H2,18,20,22). The van der Waals surface area contributed by atoms with E-state index in [4.69, 9.17) is 0 Å². The molecule has 118 valence electrons. The zero-order chi connectivity index (χ0) is 15.9. The quantitative estimate of drug-likeness (QED) is 0.862. The van der Waals surface area contributed by atoms with E-state index in [0.29, 0.717) is 19.0 Å². The second kappa shape index (κ2) is 7.64. The van der Waals surface area contributed by atoms with Crippen molar-refractivity contribution in [3.05, 3.63) is 53.9 Å². The average Bonchev–Trinajstić information content (AvgIpc) is 2.99. The number of amides is 2. The highest BCUT2D eigenvalue weighted by molar-refractivity contribution is 5.74. The molecule has 1 aromatic heterocycles. The van der Waals surface area contributed by atoms with Gasteiger partial charge in [-0.1, -0.05) is 38.1 Å². The Morgan fingerprint density at radius 1 is 1.18 bits per heavy atom. The summed E-state index contributed by atoms with van der Waals surface area (Å²) in [7, 11) is 0. The highest BCUT2D eigenvalue weighted by Gasteiger charge is 2.11. The van der Waals surface area contributed by atoms with E-state index in [2.05, 4.69) is 35.6 Å². The van der Waals surface area contributed by atoms with Gasteiger partial charge in [-0.3, -0.25) is 4.68 Å². The fraction of sp³-hybridized carbons (Fsp3) is 0.412. The Bertz CT molecular complexity index is 592. The van der Waals surface area contributed by atoms with Gasteiger partial charge in [-0.15, -0.1) is 0 Å². The van der Waals surface area contributed by atoms with Gasteiger partial charge < -0.3 is 10.6 Å². The van der Waals surface area contributed by atoms with Gasteiger partial charge in [-0.2, -0.15) is 5.10 Å². The summed E-state index contributed by atoms with van der Waals surface area (Å²) < 4.78 is 1.87. The van der Waals surface area contributed by atoms with E-state index in [0.717, 1.165) is 11.1 Å². The Morgan fingerprint density at radius 2 is 1.91 bits per heavy atom. The third-order valence-electron chi connectivity index (χ3n) is 3.81. The van der Waals surface area contributed by atoms with Crippen molar-refractivity contribution in [2.45, 2.75) is 39.9 Å². The average molecular weight is 300 g/mol. The van der Waals surface area contributed by atoms with Crippen molar-refractivity contribution in [1.29, 1.82) is 0 Å². The van der Waals surface area contributed by atoms with Gasteiger partial charge >= 0.3 is 6.03 Å². The van der Waals surface area contributed by atoms with Crippen molar-refractivity contribution in [1.82, 2.24) is 20.4 Å². The van der Waals surface area contributed by atoms with Crippen LogP contribution < -0.4 is 10.6 Å². The molecule has 0 saturated carbocycles. The highest BCUT2D eigenvalue weighted by Crippen LogP contribution is 2.10. The molecule has 1 aromatic carbocycles. The fourth-order valence-corrected chi connectivity index (χ4v) is 2.05. The first-order valence-electron chi connectivity index (χ1n) is 7.65. The van der Waals surface area contributed by atoms with Crippen LogP contribution in [0.25, 0.3) is 0 Å². The molecule has 5 heteroatoms. The summed E-state index contributed by atoms with van der Waals surface area (Å²) in [5.74, 6) is 0.415. The first-order chi connectivity index (χ1) is 10.6. The maximum absolute atomic E-state index is 11.9. The number of nitrogens with zero attached hydrogens (tertiary/aromatic N) is 2. The van der Waals surface area contributed by atoms with Crippen LogP contribution in [0.15, 0.2) is 42.7 Å². The van der Waals surface area contributed by atoms with Crippen LogP contribution >= 0.6 is 0 Å². The Labute approximate surface area is 131 Å². The molecular formula is C17H24N4O. The van der Waals surface area contributed by atoms with Gasteiger partial charge in [0.25, 0.3) is 0 Å². The van der Waals surface area contributed by atoms with E-state index in [-0.39, 0.29) is 12.1 Å². The smallest absolute Gasteiger partial charge is 0.315 e. The predicted octanol–water partition coefficient (Wildman–Crippen LogP) is 2.78. The number of urea groups is 1. The van der Waals surface area contributed by atoms with Crippen LogP contribution in [-0.2, 0) is 13.1 Å². The topological polar surface area (TPSA) is 59.0 Å². The lowest BCUT2D eigenvalue weighted by Crippen LogP contribution is -2.42. The molecule has 0 spiro atoms. The predicted molar refractivity (Wildman–Crippen MR) is 87.4 cm³/mol. The molecule has 0 radical (unpaired) electrons. The first-order valence-corrected chi connectivity index (χ1v) is 7.65. The van der Waals surface area contributed by atoms with Gasteiger partial charge in [0.1, 0.15) is 0 Å². The number of benzene rings is 1. The summed E-state index contributed by atoms with van der Waals surface area (Å²) in [4.78, 5) is 11.9. The molecule has 1 unspecified atom stereocenters. The van der Waals surface area contributed by atoms with E-state index >= 15 is 0 Å². The molecular weight excluding hydrogens is 276 g/mol. The van der Waals surface area contributed by atoms with Crippen LogP contribution in [0.1, 0.15) is 31.9 Å². The number of carbonyl (C=O) groups is 1. The van der Waals surface area contributed by atoms with E-state index in [9.17, 15) is 4.79 Å². The molecule has 0 aliphatic rings. The summed E-state index contributed by atoms with van der Waals surface area (Å²) in [5, 5.41) is 10.1. The SMILES string of the molecule is CC(C)C(C)NC(=O)NCc1ccccc1Cn1cccn1. The van der Waals surface area contributed by atoms with Gasteiger partial charge in [0, 0.05) is 25.0 Å². The van der Waals surface area contributed by atoms with Crippen LogP contribution in [0.3, 0.4) is 0 Å². The maximum Gasteiger partial charge on any atom is 0.315 e. The molecule has 1 heterocycles. The van der Waals surface area contributed by atoms with Crippen LogP contribution in [0.2, 0.25) is 0 Å². The molecule has 2 aromatic rings. The van der Waals surface area contributed by atoms with Crippen molar-refractivity contribution < 1.29 is 4.79 Å². The van der Waals surface area contributed by atoms with Gasteiger partial charge in [0.05, 0.1) is 6.54 Å². The van der Waals surface area contributed by atoms with E-state index in [1.165, 1.54) is 0 Å². The Morgan fingerprint density at radius 3 is 2.55 bits per heavy atom. The van der Waals surface area contributed by atoms with Crippen molar-refractivity contribution in [2.75, 3.05) is 0 Å². The zero-order valence-electron chi connectivity index (χ0n) is 13.4. The molecule has 5 nitrogen and oxygen atoms in total. The van der Waals surface area contributed by atoms with E-state index < -0.39 is 0 Å². The summed E-state index contributed by atoms with van der Waals surface area (Å²) in [5.41, 5.74) is 2.26. The minimum Gasteiger partial charge on any atom is -0.335 e. The third-order valence-corrected chi connectivity index (χ3v) is 3.81. The van der Waals surface area contributed by atoms with Crippen LogP contribution in [0, 0.1) is 5.92 Å². The zero-order valence-corrected chi connectivity index (χ0v) is 13.4. The molecule has 1 atom stereocenters. The molecule has 0 fully saturated rings. The fourth-order valence-electron chi connectivity index (χ4n) is 2.05. The van der Waals surface area contributed by atoms with Crippen molar-refractivity contribution in [3.63, 3.8) is 0 Å². The Kier molecular flexibility index (Phi) is 5.58. The highest BCUT2D eigenvalue weighted by atomic mass is 16.2. The summed E-state index contributed by atoms with van der Waals surface area (Å²) in [6.45, 7) is 7.40. The normalized spacial score (nSPS) is 12.2. The number of hydrogen-bond acceptors (Lipinski definition) is 2. The molecule has 2 rings (SSSR count). The van der Waals surface area contributed by atoms with Crippen LogP contribution in [0.5, 0.6) is 0 Å². The summed E-state index contributed by atoms with van der Waals surface area (Å²) in [6, 6.07) is 10.0. The van der Waals surface area contributed by atoms with Gasteiger partial charge in [0.15, 0.2) is 0 Å². The van der Waals surface area contributed by atoms with Gasteiger partial charge in [0.2, 0.25) is 0 Å². The minimum absolute atomic E-state index is 0.130. The number of hydrogen-bond donors (Lipinski definition) is 2. The summed E-state index contributed by atoms with van der Waals surface area (Å²) >= 11 is 0. The van der Waals surface area contributed by atoms with Crippen LogP contribution in [0.4, 0.5) is 4.79 Å². The Balaban J connectivity index is 1.94. The van der Waals surface area contributed by atoms with Crippen molar-refractivity contribution in [3.8, 4) is 0 Å². The lowest BCUT2D eigenvalue weighted by atomic mass is 10.1. The molecule has 0 aliphatic heterocycles. The molecule has 0 aliphatic carbocycles. The second-order valence-electron chi connectivity index (χ2n) is 5.83. The second-order valence-corrected chi connectivity index (χ2v) is 5.83. The van der Waals surface area contributed by atoms with Gasteiger partial charge in [-0.05, 0) is 30.0 Å². The lowest BCUT2D eigenvalue weighted by molar-refractivity contribution is 0.234. The largest absolute Gasteiger partial charge is 0.335 e. The minimum atomic E-state index is -0.130. The lowest BCUT2D eigenvalue weighted by Gasteiger charge is -2.18. The maximum atomic E-state index is 11.9. The van der Waals surface area contributed by atoms with Crippen LogP contribution in [-0.4, -0.2) is 21.9 Å². The number of nitrogens with one attached hydrogen (secondary N) is 2. The van der Waals surface area contributed by atoms with E-state index in [1.807, 2.05) is 42.1 Å². The molecule has 2 amide bonds. The van der Waals surface area contributed by atoms with Crippen molar-refractivity contribution >= 4 is 6.03 Å². The molecule has 0 saturated heterocycles. The van der Waals surface area contributed by atoms with Gasteiger partial charge in [-0.25, -0.2) is 4.79 Å². The number of carbonyl (C=O) groups excluding carboxylic acids is 1. The van der Waals surface area contributed by atoms with E-state index in [1.54, 1.807) is 6.20 Å². The Hall–Kier alpha value is -2.30. The monoisotopic (exact) mass is 300 g/mol. The molecule has 2 N–H and O–H groups in total. The number of aromatic nitrogens is 2. The van der Waals surface area contributed by atoms with Crippen molar-refractivity contribution in [2.24, 2.45) is 5.92 Å².